The largest absolute Gasteiger partial charge is 0.375 e. The Hall–Kier alpha value is -1.40. The molecule has 6 heteroatoms. The maximum atomic E-state index is 11.2. The lowest BCUT2D eigenvalue weighted by molar-refractivity contribution is -0.124. The van der Waals surface area contributed by atoms with Crippen molar-refractivity contribution in [3.05, 3.63) is 34.7 Å². The topological polar surface area (TPSA) is 55.6 Å². The first kappa shape index (κ1) is 12.1. The van der Waals surface area contributed by atoms with Crippen LogP contribution < -0.4 is 5.32 Å². The van der Waals surface area contributed by atoms with Crippen LogP contribution in [-0.4, -0.2) is 29.0 Å². The van der Waals surface area contributed by atoms with Gasteiger partial charge in [0.15, 0.2) is 0 Å². The third-order valence-corrected chi connectivity index (χ3v) is 2.68. The summed E-state index contributed by atoms with van der Waals surface area (Å²) in [5, 5.41) is 2.72. The van der Waals surface area contributed by atoms with Crippen molar-refractivity contribution < 1.29 is 9.53 Å². The lowest BCUT2D eigenvalue weighted by Crippen LogP contribution is -2.26. The number of carbonyl (C=O) groups is 1. The van der Waals surface area contributed by atoms with E-state index in [-0.39, 0.29) is 12.5 Å². The average Bonchev–Trinajstić information content (AvgIpc) is 2.68. The van der Waals surface area contributed by atoms with Gasteiger partial charge in [0, 0.05) is 24.0 Å². The highest BCUT2D eigenvalue weighted by Gasteiger charge is 2.04. The van der Waals surface area contributed by atoms with Crippen LogP contribution in [0.1, 0.15) is 5.69 Å². The summed E-state index contributed by atoms with van der Waals surface area (Å²) in [6.07, 6.45) is 3.80. The van der Waals surface area contributed by atoms with Gasteiger partial charge < -0.3 is 14.5 Å². The highest BCUT2D eigenvalue weighted by Crippen LogP contribution is 2.12. The molecule has 0 bridgehead atoms. The van der Waals surface area contributed by atoms with Crippen LogP contribution in [0, 0.1) is 0 Å². The Bertz CT molecular complexity index is 538. The number of halogens is 1. The maximum absolute atomic E-state index is 11.2. The molecule has 2 heterocycles. The lowest BCUT2D eigenvalue weighted by Gasteiger charge is -2.00. The van der Waals surface area contributed by atoms with Crippen molar-refractivity contribution in [2.45, 2.75) is 6.54 Å². The Morgan fingerprint density at radius 1 is 1.53 bits per heavy atom. The van der Waals surface area contributed by atoms with Crippen LogP contribution >= 0.6 is 15.9 Å². The molecule has 17 heavy (non-hydrogen) atoms. The zero-order valence-electron chi connectivity index (χ0n) is 9.31. The molecule has 90 valence electrons. The van der Waals surface area contributed by atoms with E-state index in [1.54, 1.807) is 0 Å². The van der Waals surface area contributed by atoms with Gasteiger partial charge in [0.2, 0.25) is 5.91 Å². The highest BCUT2D eigenvalue weighted by atomic mass is 79.9. The predicted molar refractivity (Wildman–Crippen MR) is 66.6 cm³/mol. The number of methoxy groups -OCH3 is 1. The Kier molecular flexibility index (Phi) is 3.75. The summed E-state index contributed by atoms with van der Waals surface area (Å²) in [7, 11) is 1.49. The minimum absolute atomic E-state index is 0.0684. The smallest absolute Gasteiger partial charge is 0.246 e. The second kappa shape index (κ2) is 5.29. The number of hydrogen-bond donors (Lipinski definition) is 1. The molecule has 1 amide bonds. The normalized spacial score (nSPS) is 10.7. The fraction of sp³-hybridized carbons (Fsp3) is 0.273. The lowest BCUT2D eigenvalue weighted by atomic mass is 10.4. The minimum atomic E-state index is -0.147. The van der Waals surface area contributed by atoms with E-state index in [0.29, 0.717) is 6.54 Å². The van der Waals surface area contributed by atoms with Crippen LogP contribution in [0.4, 0.5) is 0 Å². The van der Waals surface area contributed by atoms with E-state index in [1.165, 1.54) is 7.11 Å². The molecule has 0 saturated heterocycles. The van der Waals surface area contributed by atoms with Crippen LogP contribution in [0.15, 0.2) is 29.0 Å². The van der Waals surface area contributed by atoms with E-state index in [2.05, 4.69) is 26.2 Å². The van der Waals surface area contributed by atoms with E-state index in [4.69, 9.17) is 4.74 Å². The Labute approximate surface area is 107 Å². The molecule has 0 radical (unpaired) electrons. The maximum Gasteiger partial charge on any atom is 0.246 e. The molecular formula is C11H12BrN3O2. The van der Waals surface area contributed by atoms with Crippen molar-refractivity contribution in [2.75, 3.05) is 13.7 Å². The first-order valence-corrected chi connectivity index (χ1v) is 5.87. The van der Waals surface area contributed by atoms with Gasteiger partial charge >= 0.3 is 0 Å². The number of fused-ring (bicyclic) bond motifs is 1. The zero-order valence-corrected chi connectivity index (χ0v) is 10.9. The first-order valence-electron chi connectivity index (χ1n) is 5.08. The van der Waals surface area contributed by atoms with Crippen molar-refractivity contribution in [3.63, 3.8) is 0 Å². The molecule has 0 saturated carbocycles. The zero-order chi connectivity index (χ0) is 12.3. The molecule has 0 aromatic carbocycles. The average molecular weight is 298 g/mol. The quantitative estimate of drug-likeness (QED) is 0.927. The second-order valence-corrected chi connectivity index (χ2v) is 4.47. The van der Waals surface area contributed by atoms with Gasteiger partial charge in [-0.1, -0.05) is 0 Å². The highest BCUT2D eigenvalue weighted by molar-refractivity contribution is 9.10. The summed E-state index contributed by atoms with van der Waals surface area (Å²) in [4.78, 5) is 15.6. The van der Waals surface area contributed by atoms with E-state index in [1.807, 2.05) is 28.9 Å². The van der Waals surface area contributed by atoms with Crippen LogP contribution in [-0.2, 0) is 16.1 Å². The molecule has 0 aliphatic heterocycles. The fourth-order valence-corrected chi connectivity index (χ4v) is 1.83. The Morgan fingerprint density at radius 3 is 3.12 bits per heavy atom. The number of carbonyl (C=O) groups excluding carboxylic acids is 1. The van der Waals surface area contributed by atoms with Crippen LogP contribution in [0.3, 0.4) is 0 Å². The number of amides is 1. The van der Waals surface area contributed by atoms with Crippen LogP contribution in [0.25, 0.3) is 5.65 Å². The summed E-state index contributed by atoms with van der Waals surface area (Å²) >= 11 is 3.39. The Morgan fingerprint density at radius 2 is 2.35 bits per heavy atom. The first-order chi connectivity index (χ1) is 8.19. The molecule has 1 N–H and O–H groups in total. The van der Waals surface area contributed by atoms with Gasteiger partial charge in [-0.15, -0.1) is 0 Å². The van der Waals surface area contributed by atoms with Crippen molar-refractivity contribution >= 4 is 27.5 Å². The number of ether oxygens (including phenoxy) is 1. The third-order valence-electron chi connectivity index (χ3n) is 2.21. The van der Waals surface area contributed by atoms with Crippen molar-refractivity contribution in [2.24, 2.45) is 0 Å². The van der Waals surface area contributed by atoms with E-state index in [9.17, 15) is 4.79 Å². The van der Waals surface area contributed by atoms with Gasteiger partial charge in [0.25, 0.3) is 0 Å². The van der Waals surface area contributed by atoms with Gasteiger partial charge in [0.05, 0.1) is 12.2 Å². The minimum Gasteiger partial charge on any atom is -0.375 e. The summed E-state index contributed by atoms with van der Waals surface area (Å²) in [5.41, 5.74) is 1.66. The third kappa shape index (κ3) is 3.04. The van der Waals surface area contributed by atoms with E-state index in [0.717, 1.165) is 15.8 Å². The standard InChI is InChI=1S/C11H12BrN3O2/c1-17-7-11(16)13-4-9-6-15-5-8(12)2-3-10(15)14-9/h2-3,5-6H,4,7H2,1H3,(H,13,16). The molecule has 0 unspecified atom stereocenters. The summed E-state index contributed by atoms with van der Waals surface area (Å²) in [5.74, 6) is -0.147. The summed E-state index contributed by atoms with van der Waals surface area (Å²) in [6.45, 7) is 0.473. The van der Waals surface area contributed by atoms with Crippen molar-refractivity contribution in [1.29, 1.82) is 0 Å². The summed E-state index contributed by atoms with van der Waals surface area (Å²) < 4.78 is 7.61. The second-order valence-electron chi connectivity index (χ2n) is 3.55. The number of aromatic nitrogens is 2. The Balaban J connectivity index is 2.07. The SMILES string of the molecule is COCC(=O)NCc1cn2cc(Br)ccc2n1. The number of imidazole rings is 1. The van der Waals surface area contributed by atoms with Gasteiger partial charge in [0.1, 0.15) is 12.3 Å². The van der Waals surface area contributed by atoms with Crippen molar-refractivity contribution in [3.8, 4) is 0 Å². The number of hydrogen-bond acceptors (Lipinski definition) is 3. The number of nitrogens with one attached hydrogen (secondary N) is 1. The number of pyridine rings is 1. The molecule has 0 aliphatic rings. The molecule has 2 aromatic rings. The molecule has 0 spiro atoms. The van der Waals surface area contributed by atoms with Crippen LogP contribution in [0.2, 0.25) is 0 Å². The molecule has 0 aliphatic carbocycles. The monoisotopic (exact) mass is 297 g/mol. The van der Waals surface area contributed by atoms with Gasteiger partial charge in [-0.25, -0.2) is 4.98 Å². The van der Waals surface area contributed by atoms with Crippen molar-refractivity contribution in [1.82, 2.24) is 14.7 Å². The van der Waals surface area contributed by atoms with Gasteiger partial charge in [-0.3, -0.25) is 4.79 Å². The fourth-order valence-electron chi connectivity index (χ4n) is 1.47. The molecule has 0 fully saturated rings. The molecule has 2 aromatic heterocycles. The summed E-state index contributed by atoms with van der Waals surface area (Å²) in [6, 6.07) is 3.83. The number of rotatable bonds is 4. The number of nitrogens with zero attached hydrogens (tertiary/aromatic N) is 2. The van der Waals surface area contributed by atoms with Gasteiger partial charge in [-0.2, -0.15) is 0 Å². The van der Waals surface area contributed by atoms with E-state index < -0.39 is 0 Å². The van der Waals surface area contributed by atoms with Gasteiger partial charge in [-0.05, 0) is 28.1 Å². The molecular weight excluding hydrogens is 286 g/mol. The van der Waals surface area contributed by atoms with Crippen LogP contribution in [0.5, 0.6) is 0 Å². The predicted octanol–water partition coefficient (Wildman–Crippen LogP) is 1.36. The molecule has 2 rings (SSSR count). The van der Waals surface area contributed by atoms with E-state index >= 15 is 0 Å². The molecule has 0 atom stereocenters. The molecule has 5 nitrogen and oxygen atoms in total.